The molecule has 0 saturated carbocycles. The van der Waals surface area contributed by atoms with Gasteiger partial charge in [-0.3, -0.25) is 9.59 Å². The monoisotopic (exact) mass is 268 g/mol. The molecule has 0 bridgehead atoms. The van der Waals surface area contributed by atoms with Crippen LogP contribution in [0.3, 0.4) is 0 Å². The number of hydrogen-bond donors (Lipinski definition) is 2. The first kappa shape index (κ1) is 14.7. The molecule has 0 saturated heterocycles. The van der Waals surface area contributed by atoms with E-state index in [9.17, 15) is 9.59 Å². The number of carbonyl (C=O) groups excluding carboxylic acids is 2. The summed E-state index contributed by atoms with van der Waals surface area (Å²) in [4.78, 5) is 24.4. The third-order valence-corrected chi connectivity index (χ3v) is 3.83. The van der Waals surface area contributed by atoms with Crippen molar-refractivity contribution in [2.24, 2.45) is 0 Å². The summed E-state index contributed by atoms with van der Waals surface area (Å²) < 4.78 is 0. The van der Waals surface area contributed by atoms with Gasteiger partial charge in [0, 0.05) is 6.04 Å². The van der Waals surface area contributed by atoms with Crippen molar-refractivity contribution < 1.29 is 9.59 Å². The second-order valence-electron chi connectivity index (χ2n) is 4.45. The average molecular weight is 268 g/mol. The first-order valence-electron chi connectivity index (χ1n) is 6.11. The summed E-state index contributed by atoms with van der Waals surface area (Å²) in [7, 11) is 0. The predicted molar refractivity (Wildman–Crippen MR) is 73.9 cm³/mol. The Morgan fingerprint density at radius 1 is 1.33 bits per heavy atom. The molecule has 4 nitrogen and oxygen atoms in total. The van der Waals surface area contributed by atoms with E-state index in [1.807, 2.05) is 32.2 Å². The van der Waals surface area contributed by atoms with Crippen molar-refractivity contribution in [1.82, 2.24) is 10.6 Å². The lowest BCUT2D eigenvalue weighted by molar-refractivity contribution is -0.123. The topological polar surface area (TPSA) is 58.2 Å². The second kappa shape index (κ2) is 6.54. The molecular formula is C13H20N2O2S. The average Bonchev–Trinajstić information content (AvgIpc) is 2.75. The highest BCUT2D eigenvalue weighted by atomic mass is 32.1. The number of nitrogens with one attached hydrogen (secondary N) is 2. The number of aryl methyl sites for hydroxylation is 1. The van der Waals surface area contributed by atoms with Crippen LogP contribution in [0.1, 0.15) is 42.4 Å². The molecule has 0 fully saturated rings. The second-order valence-corrected chi connectivity index (χ2v) is 5.36. The highest BCUT2D eigenvalue weighted by molar-refractivity contribution is 7.12. The summed E-state index contributed by atoms with van der Waals surface area (Å²) in [5.74, 6) is -0.332. The first-order valence-corrected chi connectivity index (χ1v) is 6.99. The van der Waals surface area contributed by atoms with Crippen LogP contribution in [-0.4, -0.2) is 23.9 Å². The van der Waals surface area contributed by atoms with E-state index in [0.717, 1.165) is 12.0 Å². The molecule has 1 rings (SSSR count). The first-order chi connectivity index (χ1) is 8.45. The SMILES string of the molecule is CC[C@H](C)NC(=O)[C@@H](C)NC(=O)c1sccc1C. The van der Waals surface area contributed by atoms with Gasteiger partial charge in [0.1, 0.15) is 6.04 Å². The van der Waals surface area contributed by atoms with Crippen LogP contribution < -0.4 is 10.6 Å². The third kappa shape index (κ3) is 3.84. The molecule has 1 heterocycles. The molecule has 2 atom stereocenters. The summed E-state index contributed by atoms with van der Waals surface area (Å²) in [5, 5.41) is 7.43. The largest absolute Gasteiger partial charge is 0.352 e. The fraction of sp³-hybridized carbons (Fsp3) is 0.538. The van der Waals surface area contributed by atoms with Crippen LogP contribution in [-0.2, 0) is 4.79 Å². The Morgan fingerprint density at radius 3 is 2.50 bits per heavy atom. The van der Waals surface area contributed by atoms with Gasteiger partial charge in [0.15, 0.2) is 0 Å². The van der Waals surface area contributed by atoms with Crippen LogP contribution in [0.4, 0.5) is 0 Å². The number of thiophene rings is 1. The van der Waals surface area contributed by atoms with Crippen LogP contribution in [0, 0.1) is 6.92 Å². The Labute approximate surface area is 112 Å². The summed E-state index contributed by atoms with van der Waals surface area (Å²) in [6, 6.07) is 1.50. The molecule has 1 aromatic rings. The lowest BCUT2D eigenvalue weighted by atomic mass is 10.2. The number of carbonyl (C=O) groups is 2. The van der Waals surface area contributed by atoms with Gasteiger partial charge >= 0.3 is 0 Å². The van der Waals surface area contributed by atoms with Crippen LogP contribution in [0.2, 0.25) is 0 Å². The van der Waals surface area contributed by atoms with Crippen molar-refractivity contribution in [3.63, 3.8) is 0 Å². The fourth-order valence-corrected chi connectivity index (χ4v) is 2.23. The van der Waals surface area contributed by atoms with Crippen molar-refractivity contribution in [2.45, 2.75) is 46.2 Å². The molecule has 5 heteroatoms. The zero-order chi connectivity index (χ0) is 13.7. The van der Waals surface area contributed by atoms with Crippen LogP contribution >= 0.6 is 11.3 Å². The van der Waals surface area contributed by atoms with Crippen molar-refractivity contribution >= 4 is 23.2 Å². The molecular weight excluding hydrogens is 248 g/mol. The van der Waals surface area contributed by atoms with E-state index < -0.39 is 6.04 Å². The highest BCUT2D eigenvalue weighted by Crippen LogP contribution is 2.15. The lowest BCUT2D eigenvalue weighted by Gasteiger charge is -2.17. The Hall–Kier alpha value is -1.36. The Bertz CT molecular complexity index is 428. The van der Waals surface area contributed by atoms with E-state index in [4.69, 9.17) is 0 Å². The maximum absolute atomic E-state index is 11.9. The summed E-state index contributed by atoms with van der Waals surface area (Å²) in [6.07, 6.45) is 0.871. The minimum atomic E-state index is -0.520. The maximum atomic E-state index is 11.9. The van der Waals surface area contributed by atoms with Crippen molar-refractivity contribution in [2.75, 3.05) is 0 Å². The number of rotatable bonds is 5. The lowest BCUT2D eigenvalue weighted by Crippen LogP contribution is -2.47. The molecule has 2 amide bonds. The quantitative estimate of drug-likeness (QED) is 0.859. The van der Waals surface area contributed by atoms with E-state index >= 15 is 0 Å². The molecule has 0 aliphatic carbocycles. The smallest absolute Gasteiger partial charge is 0.262 e. The Kier molecular flexibility index (Phi) is 5.34. The molecule has 0 aromatic carbocycles. The zero-order valence-corrected chi connectivity index (χ0v) is 12.1. The maximum Gasteiger partial charge on any atom is 0.262 e. The minimum Gasteiger partial charge on any atom is -0.352 e. The standard InChI is InChI=1S/C13H20N2O2S/c1-5-9(3)14-12(16)10(4)15-13(17)11-8(2)6-7-18-11/h6-7,9-10H,5H2,1-4H3,(H,14,16)(H,15,17)/t9-,10+/m0/s1. The van der Waals surface area contributed by atoms with E-state index in [2.05, 4.69) is 10.6 Å². The summed E-state index contributed by atoms with van der Waals surface area (Å²) >= 11 is 1.39. The molecule has 18 heavy (non-hydrogen) atoms. The van der Waals surface area contributed by atoms with Gasteiger partial charge in [-0.15, -0.1) is 11.3 Å². The Morgan fingerprint density at radius 2 is 2.00 bits per heavy atom. The zero-order valence-electron chi connectivity index (χ0n) is 11.2. The van der Waals surface area contributed by atoms with E-state index in [-0.39, 0.29) is 17.9 Å². The van der Waals surface area contributed by atoms with Crippen molar-refractivity contribution in [3.8, 4) is 0 Å². The van der Waals surface area contributed by atoms with Gasteiger partial charge in [-0.1, -0.05) is 6.92 Å². The molecule has 0 radical (unpaired) electrons. The Balaban J connectivity index is 2.55. The highest BCUT2D eigenvalue weighted by Gasteiger charge is 2.19. The molecule has 0 aliphatic heterocycles. The minimum absolute atomic E-state index is 0.125. The molecule has 0 aliphatic rings. The van der Waals surface area contributed by atoms with Gasteiger partial charge in [-0.2, -0.15) is 0 Å². The number of hydrogen-bond acceptors (Lipinski definition) is 3. The van der Waals surface area contributed by atoms with Crippen LogP contribution in [0.5, 0.6) is 0 Å². The van der Waals surface area contributed by atoms with Crippen LogP contribution in [0.25, 0.3) is 0 Å². The van der Waals surface area contributed by atoms with Crippen molar-refractivity contribution in [1.29, 1.82) is 0 Å². The van der Waals surface area contributed by atoms with Crippen LogP contribution in [0.15, 0.2) is 11.4 Å². The van der Waals surface area contributed by atoms with Gasteiger partial charge in [-0.05, 0) is 44.2 Å². The van der Waals surface area contributed by atoms with Gasteiger partial charge in [0.05, 0.1) is 4.88 Å². The summed E-state index contributed by atoms with van der Waals surface area (Å²) in [5.41, 5.74) is 0.937. The fourth-order valence-electron chi connectivity index (χ4n) is 1.40. The van der Waals surface area contributed by atoms with Gasteiger partial charge in [-0.25, -0.2) is 0 Å². The molecule has 100 valence electrons. The third-order valence-electron chi connectivity index (χ3n) is 2.81. The van der Waals surface area contributed by atoms with E-state index in [0.29, 0.717) is 4.88 Å². The molecule has 0 spiro atoms. The molecule has 0 unspecified atom stereocenters. The van der Waals surface area contributed by atoms with Gasteiger partial charge in [0.2, 0.25) is 5.91 Å². The van der Waals surface area contributed by atoms with Gasteiger partial charge < -0.3 is 10.6 Å². The van der Waals surface area contributed by atoms with Crippen molar-refractivity contribution in [3.05, 3.63) is 21.9 Å². The van der Waals surface area contributed by atoms with Gasteiger partial charge in [0.25, 0.3) is 5.91 Å². The van der Waals surface area contributed by atoms with E-state index in [1.54, 1.807) is 6.92 Å². The van der Waals surface area contributed by atoms with E-state index in [1.165, 1.54) is 11.3 Å². The normalized spacial score (nSPS) is 13.8. The molecule has 2 N–H and O–H groups in total. The molecule has 1 aromatic heterocycles. The number of amides is 2. The predicted octanol–water partition coefficient (Wildman–Crippen LogP) is 2.09. The summed E-state index contributed by atoms with van der Waals surface area (Å²) in [6.45, 7) is 7.52.